The molecule has 0 amide bonds. The molecule has 1 aromatic rings. The highest BCUT2D eigenvalue weighted by atomic mass is 32.2. The molecule has 19 heavy (non-hydrogen) atoms. The highest BCUT2D eigenvalue weighted by Crippen LogP contribution is 2.16. The number of ether oxygens (including phenoxy) is 1. The van der Waals surface area contributed by atoms with E-state index in [9.17, 15) is 8.42 Å². The van der Waals surface area contributed by atoms with Crippen LogP contribution in [0.1, 0.15) is 0 Å². The molecule has 1 aromatic carbocycles. The van der Waals surface area contributed by atoms with Crippen LogP contribution < -0.4 is 4.90 Å². The van der Waals surface area contributed by atoms with Crippen LogP contribution in [0.4, 0.5) is 5.69 Å². The van der Waals surface area contributed by atoms with E-state index in [0.717, 1.165) is 5.69 Å². The standard InChI is InChI=1S/C11H14N4O3S/c1-14(2)10-12-19(16,17)13-11(18-10)15(3)9-7-5-4-6-8-9/h4-8H,1-3H3. The molecule has 0 N–H and O–H groups in total. The maximum absolute atomic E-state index is 11.6. The fourth-order valence-electron chi connectivity index (χ4n) is 1.40. The van der Waals surface area contributed by atoms with Gasteiger partial charge in [-0.25, -0.2) is 0 Å². The molecule has 1 aliphatic rings. The molecular formula is C11H14N4O3S. The van der Waals surface area contributed by atoms with E-state index in [0.29, 0.717) is 0 Å². The van der Waals surface area contributed by atoms with Crippen molar-refractivity contribution in [1.82, 2.24) is 4.90 Å². The van der Waals surface area contributed by atoms with Crippen molar-refractivity contribution in [3.05, 3.63) is 30.3 Å². The highest BCUT2D eigenvalue weighted by molar-refractivity contribution is 7.89. The summed E-state index contributed by atoms with van der Waals surface area (Å²) < 4.78 is 35.5. The molecule has 0 aromatic heterocycles. The van der Waals surface area contributed by atoms with Gasteiger partial charge >= 0.3 is 22.3 Å². The summed E-state index contributed by atoms with van der Waals surface area (Å²) in [5, 5.41) is 0. The summed E-state index contributed by atoms with van der Waals surface area (Å²) in [6.45, 7) is 0. The predicted molar refractivity (Wildman–Crippen MR) is 73.4 cm³/mol. The first-order valence-corrected chi connectivity index (χ1v) is 6.87. The molecule has 0 atom stereocenters. The summed E-state index contributed by atoms with van der Waals surface area (Å²) in [7, 11) is 1.03. The predicted octanol–water partition coefficient (Wildman–Crippen LogP) is 0.671. The van der Waals surface area contributed by atoms with E-state index >= 15 is 0 Å². The molecule has 0 radical (unpaired) electrons. The lowest BCUT2D eigenvalue weighted by molar-refractivity contribution is 0.416. The summed E-state index contributed by atoms with van der Waals surface area (Å²) in [4.78, 5) is 3.00. The lowest BCUT2D eigenvalue weighted by atomic mass is 10.3. The second-order valence-electron chi connectivity index (χ2n) is 4.09. The maximum Gasteiger partial charge on any atom is 0.372 e. The molecule has 0 saturated carbocycles. The molecule has 0 bridgehead atoms. The van der Waals surface area contributed by atoms with Gasteiger partial charge in [-0.2, -0.15) is 8.42 Å². The fourth-order valence-corrected chi connectivity index (χ4v) is 2.20. The van der Waals surface area contributed by atoms with Gasteiger partial charge in [-0.15, -0.1) is 0 Å². The molecular weight excluding hydrogens is 268 g/mol. The number of benzene rings is 1. The second-order valence-corrected chi connectivity index (χ2v) is 5.35. The SMILES string of the molecule is CN(C)C1=NS(=O)(=O)N=C(N(C)c2ccccc2)O1. The summed E-state index contributed by atoms with van der Waals surface area (Å²) in [5.74, 6) is 0. The molecule has 0 aliphatic carbocycles. The molecule has 1 aliphatic heterocycles. The van der Waals surface area contributed by atoms with Gasteiger partial charge in [0.25, 0.3) is 0 Å². The fraction of sp³-hybridized carbons (Fsp3) is 0.273. The zero-order chi connectivity index (χ0) is 14.0. The molecule has 7 nitrogen and oxygen atoms in total. The van der Waals surface area contributed by atoms with Crippen molar-refractivity contribution >= 4 is 27.9 Å². The number of hydrogen-bond donors (Lipinski definition) is 0. The van der Waals surface area contributed by atoms with Crippen molar-refractivity contribution in [2.75, 3.05) is 26.0 Å². The minimum Gasteiger partial charge on any atom is -0.390 e. The van der Waals surface area contributed by atoms with E-state index in [1.54, 1.807) is 21.1 Å². The summed E-state index contributed by atoms with van der Waals surface area (Å²) in [6, 6.07) is 9.12. The third-order valence-corrected chi connectivity index (χ3v) is 3.16. The number of para-hydroxylation sites is 1. The molecule has 0 fully saturated rings. The average molecular weight is 282 g/mol. The first-order valence-electron chi connectivity index (χ1n) is 5.48. The molecule has 1 heterocycles. The van der Waals surface area contributed by atoms with Gasteiger partial charge in [0.05, 0.1) is 0 Å². The Hall–Kier alpha value is -2.09. The van der Waals surface area contributed by atoms with Gasteiger partial charge in [-0.05, 0) is 12.1 Å². The van der Waals surface area contributed by atoms with Crippen molar-refractivity contribution in [3.8, 4) is 0 Å². The average Bonchev–Trinajstić information content (AvgIpc) is 2.37. The topological polar surface area (TPSA) is 74.6 Å². The van der Waals surface area contributed by atoms with E-state index in [1.165, 1.54) is 9.80 Å². The van der Waals surface area contributed by atoms with Crippen LogP contribution in [-0.2, 0) is 14.9 Å². The van der Waals surface area contributed by atoms with Gasteiger partial charge < -0.3 is 9.64 Å². The van der Waals surface area contributed by atoms with E-state index in [2.05, 4.69) is 8.80 Å². The van der Waals surface area contributed by atoms with E-state index in [1.807, 2.05) is 30.3 Å². The van der Waals surface area contributed by atoms with E-state index in [-0.39, 0.29) is 12.0 Å². The van der Waals surface area contributed by atoms with Gasteiger partial charge in [0, 0.05) is 26.8 Å². The van der Waals surface area contributed by atoms with Crippen LogP contribution in [0.15, 0.2) is 39.1 Å². The number of anilines is 1. The minimum atomic E-state index is -3.91. The summed E-state index contributed by atoms with van der Waals surface area (Å²) >= 11 is 0. The van der Waals surface area contributed by atoms with Crippen LogP contribution >= 0.6 is 0 Å². The number of rotatable bonds is 1. The number of amidine groups is 2. The quantitative estimate of drug-likeness (QED) is 0.757. The van der Waals surface area contributed by atoms with Crippen molar-refractivity contribution in [1.29, 1.82) is 0 Å². The zero-order valence-corrected chi connectivity index (χ0v) is 11.6. The Morgan fingerprint density at radius 2 is 1.58 bits per heavy atom. The van der Waals surface area contributed by atoms with Gasteiger partial charge in [-0.1, -0.05) is 27.0 Å². The monoisotopic (exact) mass is 282 g/mol. The largest absolute Gasteiger partial charge is 0.390 e. The Morgan fingerprint density at radius 3 is 2.16 bits per heavy atom. The Balaban J connectivity index is 2.34. The van der Waals surface area contributed by atoms with Gasteiger partial charge in [0.2, 0.25) is 0 Å². The highest BCUT2D eigenvalue weighted by Gasteiger charge is 2.25. The molecule has 0 unspecified atom stereocenters. The lowest BCUT2D eigenvalue weighted by Gasteiger charge is -2.25. The first kappa shape index (κ1) is 13.3. The Kier molecular flexibility index (Phi) is 3.43. The van der Waals surface area contributed by atoms with Crippen LogP contribution in [0.5, 0.6) is 0 Å². The zero-order valence-electron chi connectivity index (χ0n) is 10.8. The third kappa shape index (κ3) is 3.02. The molecule has 0 saturated heterocycles. The Morgan fingerprint density at radius 1 is 1.00 bits per heavy atom. The van der Waals surface area contributed by atoms with Crippen molar-refractivity contribution < 1.29 is 13.2 Å². The van der Waals surface area contributed by atoms with E-state index < -0.39 is 10.2 Å². The Labute approximate surface area is 112 Å². The number of hydrogen-bond acceptors (Lipinski definition) is 5. The molecule has 2 rings (SSSR count). The summed E-state index contributed by atoms with van der Waals surface area (Å²) in [6.07, 6.45) is 0. The maximum atomic E-state index is 11.6. The molecule has 102 valence electrons. The third-order valence-electron chi connectivity index (χ3n) is 2.38. The van der Waals surface area contributed by atoms with Crippen LogP contribution in [0, 0.1) is 0 Å². The van der Waals surface area contributed by atoms with Gasteiger partial charge in [0.1, 0.15) is 0 Å². The van der Waals surface area contributed by atoms with Crippen LogP contribution in [0.25, 0.3) is 0 Å². The molecule has 8 heteroatoms. The van der Waals surface area contributed by atoms with Gasteiger partial charge in [0.15, 0.2) is 0 Å². The normalized spacial score (nSPS) is 17.0. The lowest BCUT2D eigenvalue weighted by Crippen LogP contribution is -2.39. The second kappa shape index (κ2) is 4.88. The first-order chi connectivity index (χ1) is 8.89. The minimum absolute atomic E-state index is 0.0206. The van der Waals surface area contributed by atoms with E-state index in [4.69, 9.17) is 4.74 Å². The van der Waals surface area contributed by atoms with Crippen molar-refractivity contribution in [2.24, 2.45) is 8.80 Å². The van der Waals surface area contributed by atoms with Crippen LogP contribution in [0.3, 0.4) is 0 Å². The smallest absolute Gasteiger partial charge is 0.372 e. The number of nitrogens with zero attached hydrogens (tertiary/aromatic N) is 4. The van der Waals surface area contributed by atoms with Crippen LogP contribution in [-0.4, -0.2) is 46.5 Å². The molecule has 0 spiro atoms. The van der Waals surface area contributed by atoms with Gasteiger partial charge in [-0.3, -0.25) is 4.90 Å². The summed E-state index contributed by atoms with van der Waals surface area (Å²) in [5.41, 5.74) is 0.761. The Bertz CT molecular complexity index is 623. The van der Waals surface area contributed by atoms with Crippen molar-refractivity contribution in [2.45, 2.75) is 0 Å². The van der Waals surface area contributed by atoms with Crippen LogP contribution in [0.2, 0.25) is 0 Å². The van der Waals surface area contributed by atoms with Crippen molar-refractivity contribution in [3.63, 3.8) is 0 Å².